The maximum atomic E-state index is 12.5. The lowest BCUT2D eigenvalue weighted by molar-refractivity contribution is -0.892. The molecule has 0 aliphatic carbocycles. The van der Waals surface area contributed by atoms with Gasteiger partial charge in [0.2, 0.25) is 0 Å². The molecular weight excluding hydrogens is 388 g/mol. The topological polar surface area (TPSA) is 98.4 Å². The smallest absolute Gasteiger partial charge is 0.279 e. The van der Waals surface area contributed by atoms with E-state index in [1.54, 1.807) is 0 Å². The van der Waals surface area contributed by atoms with Crippen molar-refractivity contribution in [1.82, 2.24) is 0 Å². The average Bonchev–Trinajstić information content (AvgIpc) is 2.75. The first-order valence-corrected chi connectivity index (χ1v) is 9.94. The fourth-order valence-corrected chi connectivity index (χ4v) is 3.55. The van der Waals surface area contributed by atoms with Gasteiger partial charge in [0.05, 0.1) is 62.3 Å². The number of nitro benzene ring substituents is 1. The van der Waals surface area contributed by atoms with Crippen LogP contribution in [0.1, 0.15) is 6.92 Å². The van der Waals surface area contributed by atoms with E-state index in [1.807, 2.05) is 25.1 Å². The van der Waals surface area contributed by atoms with Crippen LogP contribution in [-0.2, 0) is 4.79 Å². The third-order valence-corrected chi connectivity index (χ3v) is 5.06. The molecule has 0 atom stereocenters. The van der Waals surface area contributed by atoms with Gasteiger partial charge in [0.1, 0.15) is 11.5 Å². The molecule has 1 heterocycles. The Hall–Kier alpha value is -3.33. The number of anilines is 2. The van der Waals surface area contributed by atoms with Gasteiger partial charge in [-0.25, -0.2) is 0 Å². The summed E-state index contributed by atoms with van der Waals surface area (Å²) in [4.78, 5) is 26.4. The van der Waals surface area contributed by atoms with E-state index in [-0.39, 0.29) is 17.3 Å². The number of amides is 1. The Morgan fingerprint density at radius 1 is 1.20 bits per heavy atom. The third-order valence-electron chi connectivity index (χ3n) is 5.06. The van der Waals surface area contributed by atoms with Crippen LogP contribution in [0.2, 0.25) is 0 Å². The van der Waals surface area contributed by atoms with Gasteiger partial charge in [-0.3, -0.25) is 14.9 Å². The van der Waals surface area contributed by atoms with E-state index in [0.29, 0.717) is 18.8 Å². The summed E-state index contributed by atoms with van der Waals surface area (Å²) in [5.41, 5.74) is 1.43. The molecule has 2 aromatic carbocycles. The predicted molar refractivity (Wildman–Crippen MR) is 114 cm³/mol. The number of carbonyl (C=O) groups is 1. The third kappa shape index (κ3) is 5.18. The zero-order chi connectivity index (χ0) is 21.5. The molecule has 9 heteroatoms. The summed E-state index contributed by atoms with van der Waals surface area (Å²) < 4.78 is 10.9. The number of carbonyl (C=O) groups excluding carboxylic acids is 1. The molecule has 0 aromatic heterocycles. The molecule has 2 aromatic rings. The second kappa shape index (κ2) is 9.93. The Morgan fingerprint density at radius 2 is 1.93 bits per heavy atom. The van der Waals surface area contributed by atoms with Crippen molar-refractivity contribution in [3.8, 4) is 11.5 Å². The highest BCUT2D eigenvalue weighted by Crippen LogP contribution is 2.29. The van der Waals surface area contributed by atoms with E-state index in [0.717, 1.165) is 37.6 Å². The van der Waals surface area contributed by atoms with Gasteiger partial charge in [0.15, 0.2) is 6.54 Å². The molecular formula is C21H27N4O5+. The largest absolute Gasteiger partial charge is 0.494 e. The summed E-state index contributed by atoms with van der Waals surface area (Å²) in [6, 6.07) is 12.1. The van der Waals surface area contributed by atoms with Crippen LogP contribution >= 0.6 is 0 Å². The fraction of sp³-hybridized carbons (Fsp3) is 0.381. The first-order valence-electron chi connectivity index (χ1n) is 9.94. The normalized spacial score (nSPS) is 14.3. The summed E-state index contributed by atoms with van der Waals surface area (Å²) in [7, 11) is 1.42. The molecule has 1 saturated heterocycles. The summed E-state index contributed by atoms with van der Waals surface area (Å²) >= 11 is 0. The predicted octanol–water partition coefficient (Wildman–Crippen LogP) is 1.35. The van der Waals surface area contributed by atoms with Crippen molar-refractivity contribution in [2.75, 3.05) is 56.7 Å². The van der Waals surface area contributed by atoms with E-state index in [4.69, 9.17) is 9.47 Å². The number of quaternary nitrogens is 1. The maximum Gasteiger partial charge on any atom is 0.279 e. The van der Waals surface area contributed by atoms with Crippen molar-refractivity contribution in [3.05, 3.63) is 52.6 Å². The van der Waals surface area contributed by atoms with Gasteiger partial charge in [0.25, 0.3) is 11.6 Å². The highest BCUT2D eigenvalue weighted by molar-refractivity contribution is 5.93. The molecule has 3 rings (SSSR count). The van der Waals surface area contributed by atoms with Gasteiger partial charge in [-0.15, -0.1) is 0 Å². The van der Waals surface area contributed by atoms with Crippen molar-refractivity contribution in [2.24, 2.45) is 0 Å². The monoisotopic (exact) mass is 415 g/mol. The number of nitrogens with one attached hydrogen (secondary N) is 2. The van der Waals surface area contributed by atoms with Crippen molar-refractivity contribution < 1.29 is 24.1 Å². The number of piperazine rings is 1. The summed E-state index contributed by atoms with van der Waals surface area (Å²) in [6.45, 7) is 6.21. The van der Waals surface area contributed by atoms with Crippen LogP contribution in [0.15, 0.2) is 42.5 Å². The van der Waals surface area contributed by atoms with E-state index in [1.165, 1.54) is 30.2 Å². The number of para-hydroxylation sites is 2. The number of hydrogen-bond donors (Lipinski definition) is 2. The first-order chi connectivity index (χ1) is 14.5. The Bertz CT molecular complexity index is 897. The van der Waals surface area contributed by atoms with Crippen LogP contribution in [0.3, 0.4) is 0 Å². The lowest BCUT2D eigenvalue weighted by atomic mass is 10.2. The van der Waals surface area contributed by atoms with Gasteiger partial charge < -0.3 is 24.6 Å². The van der Waals surface area contributed by atoms with Gasteiger partial charge >= 0.3 is 0 Å². The van der Waals surface area contributed by atoms with Crippen LogP contribution < -0.4 is 24.6 Å². The fourth-order valence-electron chi connectivity index (χ4n) is 3.55. The van der Waals surface area contributed by atoms with Crippen LogP contribution in [0.5, 0.6) is 11.5 Å². The minimum Gasteiger partial charge on any atom is -0.494 e. The van der Waals surface area contributed by atoms with E-state index in [2.05, 4.69) is 16.3 Å². The minimum absolute atomic E-state index is 0.0843. The number of ether oxygens (including phenoxy) is 2. The molecule has 0 bridgehead atoms. The SMILES string of the molecule is CCOc1ccccc1N1CC[NH+](CC(=O)Nc2ccc([N+](=O)[O-])cc2OC)CC1. The molecule has 30 heavy (non-hydrogen) atoms. The number of hydrogen-bond acceptors (Lipinski definition) is 6. The number of methoxy groups -OCH3 is 1. The second-order valence-corrected chi connectivity index (χ2v) is 7.00. The molecule has 1 fully saturated rings. The molecule has 9 nitrogen and oxygen atoms in total. The molecule has 1 amide bonds. The lowest BCUT2D eigenvalue weighted by Gasteiger charge is -2.34. The van der Waals surface area contributed by atoms with Crippen LogP contribution in [0.4, 0.5) is 17.1 Å². The van der Waals surface area contributed by atoms with Crippen molar-refractivity contribution >= 4 is 23.0 Å². The van der Waals surface area contributed by atoms with Gasteiger partial charge in [-0.2, -0.15) is 0 Å². The highest BCUT2D eigenvalue weighted by Gasteiger charge is 2.24. The summed E-state index contributed by atoms with van der Waals surface area (Å²) in [5.74, 6) is 0.997. The highest BCUT2D eigenvalue weighted by atomic mass is 16.6. The quantitative estimate of drug-likeness (QED) is 0.499. The molecule has 0 radical (unpaired) electrons. The molecule has 160 valence electrons. The molecule has 0 spiro atoms. The number of benzene rings is 2. The van der Waals surface area contributed by atoms with Crippen molar-refractivity contribution in [3.63, 3.8) is 0 Å². The molecule has 2 N–H and O–H groups in total. The van der Waals surface area contributed by atoms with Crippen LogP contribution in [-0.4, -0.2) is 57.3 Å². The van der Waals surface area contributed by atoms with E-state index < -0.39 is 4.92 Å². The second-order valence-electron chi connectivity index (χ2n) is 7.00. The van der Waals surface area contributed by atoms with Crippen LogP contribution in [0, 0.1) is 10.1 Å². The molecule has 1 aliphatic rings. The zero-order valence-corrected chi connectivity index (χ0v) is 17.2. The Morgan fingerprint density at radius 3 is 2.60 bits per heavy atom. The number of rotatable bonds is 8. The average molecular weight is 415 g/mol. The van der Waals surface area contributed by atoms with Gasteiger partial charge in [0, 0.05) is 6.07 Å². The molecule has 1 aliphatic heterocycles. The zero-order valence-electron chi connectivity index (χ0n) is 17.2. The number of non-ortho nitro benzene ring substituents is 1. The number of nitrogens with zero attached hydrogens (tertiary/aromatic N) is 2. The first kappa shape index (κ1) is 21.4. The van der Waals surface area contributed by atoms with Crippen molar-refractivity contribution in [2.45, 2.75) is 6.92 Å². The maximum absolute atomic E-state index is 12.5. The summed E-state index contributed by atoms with van der Waals surface area (Å²) in [6.07, 6.45) is 0. The molecule has 0 unspecified atom stereocenters. The minimum atomic E-state index is -0.499. The Kier molecular flexibility index (Phi) is 7.08. The van der Waals surface area contributed by atoms with E-state index >= 15 is 0 Å². The summed E-state index contributed by atoms with van der Waals surface area (Å²) in [5, 5.41) is 13.7. The van der Waals surface area contributed by atoms with Gasteiger partial charge in [-0.05, 0) is 25.1 Å². The lowest BCUT2D eigenvalue weighted by Crippen LogP contribution is -3.15. The number of nitro groups is 1. The Balaban J connectivity index is 1.55. The van der Waals surface area contributed by atoms with Crippen molar-refractivity contribution in [1.29, 1.82) is 0 Å². The standard InChI is InChI=1S/C21H26N4O5/c1-3-30-19-7-5-4-6-18(19)24-12-10-23(11-13-24)15-21(26)22-17-9-8-16(25(27)28)14-20(17)29-2/h4-9,14H,3,10-13,15H2,1-2H3,(H,22,26)/p+1. The van der Waals surface area contributed by atoms with Crippen LogP contribution in [0.25, 0.3) is 0 Å². The van der Waals surface area contributed by atoms with Gasteiger partial charge in [-0.1, -0.05) is 12.1 Å². The Labute approximate surface area is 175 Å². The van der Waals surface area contributed by atoms with E-state index in [9.17, 15) is 14.9 Å². The molecule has 0 saturated carbocycles.